The van der Waals surface area contributed by atoms with Gasteiger partial charge in [0.1, 0.15) is 5.82 Å². The average molecular weight is 274 g/mol. The molecule has 1 aromatic carbocycles. The zero-order valence-corrected chi connectivity index (χ0v) is 11.5. The molecule has 0 radical (unpaired) electrons. The molecule has 20 heavy (non-hydrogen) atoms. The standard InChI is InChI=1S/C16H19FN2O/c17-15-7-5-6-13(10-15)14(12-18)11-16(20)19-8-3-1-2-4-9-19/h5-7,10,14H,1-4,8-9,11H2. The first-order valence-corrected chi connectivity index (χ1v) is 7.13. The van der Waals surface area contributed by atoms with E-state index < -0.39 is 5.92 Å². The third-order valence-corrected chi connectivity index (χ3v) is 3.74. The first-order valence-electron chi connectivity index (χ1n) is 7.13. The van der Waals surface area contributed by atoms with Crippen LogP contribution in [0.5, 0.6) is 0 Å². The molecule has 0 spiro atoms. The molecule has 0 aromatic heterocycles. The smallest absolute Gasteiger partial charge is 0.224 e. The van der Waals surface area contributed by atoms with Gasteiger partial charge in [-0.2, -0.15) is 5.26 Å². The maximum absolute atomic E-state index is 13.2. The molecule has 1 saturated heterocycles. The molecule has 1 amide bonds. The minimum atomic E-state index is -0.568. The molecule has 1 aliphatic heterocycles. The largest absolute Gasteiger partial charge is 0.343 e. The number of nitrogens with zero attached hydrogens (tertiary/aromatic N) is 2. The van der Waals surface area contributed by atoms with E-state index in [4.69, 9.17) is 0 Å². The minimum absolute atomic E-state index is 0.00251. The molecule has 1 heterocycles. The molecule has 106 valence electrons. The number of hydrogen-bond donors (Lipinski definition) is 0. The van der Waals surface area contributed by atoms with Crippen molar-refractivity contribution in [2.75, 3.05) is 13.1 Å². The number of rotatable bonds is 3. The summed E-state index contributed by atoms with van der Waals surface area (Å²) in [6.07, 6.45) is 4.52. The molecule has 0 aliphatic carbocycles. The number of likely N-dealkylation sites (tertiary alicyclic amines) is 1. The highest BCUT2D eigenvalue weighted by Crippen LogP contribution is 2.21. The van der Waals surface area contributed by atoms with Gasteiger partial charge in [-0.05, 0) is 30.5 Å². The molecule has 0 bridgehead atoms. The van der Waals surface area contributed by atoms with Gasteiger partial charge in [-0.1, -0.05) is 25.0 Å². The Morgan fingerprint density at radius 2 is 2.00 bits per heavy atom. The van der Waals surface area contributed by atoms with Gasteiger partial charge in [-0.3, -0.25) is 4.79 Å². The van der Waals surface area contributed by atoms with Gasteiger partial charge in [-0.15, -0.1) is 0 Å². The fourth-order valence-corrected chi connectivity index (χ4v) is 2.59. The zero-order valence-electron chi connectivity index (χ0n) is 11.5. The van der Waals surface area contributed by atoms with Crippen LogP contribution in [0.1, 0.15) is 43.6 Å². The Bertz CT molecular complexity index is 501. The van der Waals surface area contributed by atoms with E-state index >= 15 is 0 Å². The molecular formula is C16H19FN2O. The summed E-state index contributed by atoms with van der Waals surface area (Å²) in [7, 11) is 0. The molecule has 1 atom stereocenters. The van der Waals surface area contributed by atoms with E-state index in [-0.39, 0.29) is 18.1 Å². The molecule has 0 saturated carbocycles. The number of carbonyl (C=O) groups is 1. The fourth-order valence-electron chi connectivity index (χ4n) is 2.59. The highest BCUT2D eigenvalue weighted by atomic mass is 19.1. The first-order chi connectivity index (χ1) is 9.70. The van der Waals surface area contributed by atoms with Crippen LogP contribution in [0.4, 0.5) is 4.39 Å². The van der Waals surface area contributed by atoms with E-state index in [0.29, 0.717) is 5.56 Å². The molecule has 1 aliphatic rings. The van der Waals surface area contributed by atoms with Crippen molar-refractivity contribution < 1.29 is 9.18 Å². The van der Waals surface area contributed by atoms with Gasteiger partial charge in [0.15, 0.2) is 0 Å². The summed E-state index contributed by atoms with van der Waals surface area (Å²) in [5, 5.41) is 9.23. The average Bonchev–Trinajstić information content (AvgIpc) is 2.73. The Labute approximate surface area is 119 Å². The minimum Gasteiger partial charge on any atom is -0.343 e. The predicted octanol–water partition coefficient (Wildman–Crippen LogP) is 3.23. The van der Waals surface area contributed by atoms with Gasteiger partial charge < -0.3 is 4.90 Å². The maximum atomic E-state index is 13.2. The molecule has 2 rings (SSSR count). The SMILES string of the molecule is N#CC(CC(=O)N1CCCCCC1)c1cccc(F)c1. The van der Waals surface area contributed by atoms with Gasteiger partial charge in [0.25, 0.3) is 0 Å². The third-order valence-electron chi connectivity index (χ3n) is 3.74. The van der Waals surface area contributed by atoms with Crippen LogP contribution < -0.4 is 0 Å². The molecular weight excluding hydrogens is 255 g/mol. The van der Waals surface area contributed by atoms with Crippen molar-refractivity contribution in [3.63, 3.8) is 0 Å². The van der Waals surface area contributed by atoms with Crippen molar-refractivity contribution in [2.45, 2.75) is 38.0 Å². The summed E-state index contributed by atoms with van der Waals surface area (Å²) in [4.78, 5) is 14.1. The van der Waals surface area contributed by atoms with Crippen LogP contribution in [0.15, 0.2) is 24.3 Å². The van der Waals surface area contributed by atoms with Gasteiger partial charge >= 0.3 is 0 Å². The highest BCUT2D eigenvalue weighted by Gasteiger charge is 2.21. The summed E-state index contributed by atoms with van der Waals surface area (Å²) in [5.74, 6) is -0.936. The van der Waals surface area contributed by atoms with Crippen LogP contribution in [-0.2, 0) is 4.79 Å². The van der Waals surface area contributed by atoms with Crippen molar-refractivity contribution in [1.29, 1.82) is 5.26 Å². The second-order valence-electron chi connectivity index (χ2n) is 5.24. The lowest BCUT2D eigenvalue weighted by Gasteiger charge is -2.21. The van der Waals surface area contributed by atoms with Gasteiger partial charge in [0.05, 0.1) is 12.0 Å². The van der Waals surface area contributed by atoms with Gasteiger partial charge in [-0.25, -0.2) is 4.39 Å². The summed E-state index contributed by atoms with van der Waals surface area (Å²) in [6.45, 7) is 1.56. The van der Waals surface area contributed by atoms with E-state index in [1.807, 2.05) is 4.90 Å². The van der Waals surface area contributed by atoms with Gasteiger partial charge in [0.2, 0.25) is 5.91 Å². The summed E-state index contributed by atoms with van der Waals surface area (Å²) in [5.41, 5.74) is 0.579. The lowest BCUT2D eigenvalue weighted by Crippen LogP contribution is -2.32. The van der Waals surface area contributed by atoms with Crippen molar-refractivity contribution in [3.8, 4) is 6.07 Å². The number of amides is 1. The van der Waals surface area contributed by atoms with Crippen molar-refractivity contribution in [2.24, 2.45) is 0 Å². The van der Waals surface area contributed by atoms with E-state index in [9.17, 15) is 14.4 Å². The van der Waals surface area contributed by atoms with E-state index in [1.54, 1.807) is 12.1 Å². The molecule has 1 unspecified atom stereocenters. The van der Waals surface area contributed by atoms with E-state index in [1.165, 1.54) is 12.1 Å². The number of carbonyl (C=O) groups excluding carboxylic acids is 1. The Morgan fingerprint density at radius 1 is 1.30 bits per heavy atom. The summed E-state index contributed by atoms with van der Waals surface area (Å²) in [6, 6.07) is 8.07. The van der Waals surface area contributed by atoms with Crippen molar-refractivity contribution in [1.82, 2.24) is 4.90 Å². The molecule has 3 nitrogen and oxygen atoms in total. The second-order valence-corrected chi connectivity index (χ2v) is 5.24. The third kappa shape index (κ3) is 3.80. The van der Waals surface area contributed by atoms with Crippen LogP contribution in [0, 0.1) is 17.1 Å². The Balaban J connectivity index is 2.02. The fraction of sp³-hybridized carbons (Fsp3) is 0.500. The number of nitriles is 1. The topological polar surface area (TPSA) is 44.1 Å². The first kappa shape index (κ1) is 14.5. The lowest BCUT2D eigenvalue weighted by molar-refractivity contribution is -0.131. The predicted molar refractivity (Wildman–Crippen MR) is 74.4 cm³/mol. The second kappa shape index (κ2) is 7.04. The van der Waals surface area contributed by atoms with Crippen molar-refractivity contribution >= 4 is 5.91 Å². The van der Waals surface area contributed by atoms with E-state index in [0.717, 1.165) is 38.8 Å². The molecule has 1 aromatic rings. The highest BCUT2D eigenvalue weighted by molar-refractivity contribution is 5.77. The number of benzene rings is 1. The monoisotopic (exact) mass is 274 g/mol. The molecule has 1 fully saturated rings. The van der Waals surface area contributed by atoms with Crippen LogP contribution in [0.25, 0.3) is 0 Å². The van der Waals surface area contributed by atoms with Crippen LogP contribution >= 0.6 is 0 Å². The van der Waals surface area contributed by atoms with Crippen LogP contribution in [0.3, 0.4) is 0 Å². The van der Waals surface area contributed by atoms with Crippen LogP contribution in [0.2, 0.25) is 0 Å². The number of hydrogen-bond acceptors (Lipinski definition) is 2. The Morgan fingerprint density at radius 3 is 2.60 bits per heavy atom. The lowest BCUT2D eigenvalue weighted by atomic mass is 9.96. The quantitative estimate of drug-likeness (QED) is 0.849. The molecule has 4 heteroatoms. The summed E-state index contributed by atoms with van der Waals surface area (Å²) >= 11 is 0. The summed E-state index contributed by atoms with van der Waals surface area (Å²) < 4.78 is 13.2. The zero-order chi connectivity index (χ0) is 14.4. The normalized spacial score (nSPS) is 17.1. The van der Waals surface area contributed by atoms with E-state index in [2.05, 4.69) is 6.07 Å². The Kier molecular flexibility index (Phi) is 5.11. The molecule has 0 N–H and O–H groups in total. The van der Waals surface area contributed by atoms with Crippen molar-refractivity contribution in [3.05, 3.63) is 35.6 Å². The number of halogens is 1. The van der Waals surface area contributed by atoms with Crippen LogP contribution in [-0.4, -0.2) is 23.9 Å². The maximum Gasteiger partial charge on any atom is 0.224 e. The van der Waals surface area contributed by atoms with Gasteiger partial charge in [0, 0.05) is 19.5 Å². The Hall–Kier alpha value is -1.89.